The van der Waals surface area contributed by atoms with E-state index in [1.807, 2.05) is 54.6 Å². The molecule has 3 heteroatoms. The highest BCUT2D eigenvalue weighted by molar-refractivity contribution is 5.66. The summed E-state index contributed by atoms with van der Waals surface area (Å²) in [5.41, 5.74) is 10.8. The van der Waals surface area contributed by atoms with E-state index in [2.05, 4.69) is 18.0 Å². The fourth-order valence-corrected chi connectivity index (χ4v) is 2.30. The van der Waals surface area contributed by atoms with Crippen molar-refractivity contribution in [3.63, 3.8) is 0 Å². The molecule has 0 aliphatic rings. The van der Waals surface area contributed by atoms with Crippen LogP contribution in [0.2, 0.25) is 0 Å². The lowest BCUT2D eigenvalue weighted by Crippen LogP contribution is -2.04. The van der Waals surface area contributed by atoms with Crippen LogP contribution in [0.5, 0.6) is 0 Å². The monoisotopic (exact) mass is 275 g/mol. The molecule has 0 fully saturated rings. The normalized spacial score (nSPS) is 10.6. The number of nitrogens with zero attached hydrogens (tertiary/aromatic N) is 2. The van der Waals surface area contributed by atoms with Crippen molar-refractivity contribution in [2.75, 3.05) is 0 Å². The van der Waals surface area contributed by atoms with Gasteiger partial charge in [-0.05, 0) is 18.6 Å². The summed E-state index contributed by atoms with van der Waals surface area (Å²) in [6, 6.07) is 20.2. The van der Waals surface area contributed by atoms with Gasteiger partial charge in [-0.15, -0.1) is 0 Å². The summed E-state index contributed by atoms with van der Waals surface area (Å²) in [4.78, 5) is 9.29. The van der Waals surface area contributed by atoms with Crippen LogP contribution in [-0.4, -0.2) is 9.97 Å². The molecule has 3 nitrogen and oxygen atoms in total. The zero-order valence-electron chi connectivity index (χ0n) is 12.0. The molecule has 0 saturated carbocycles. The Morgan fingerprint density at radius 1 is 0.905 bits per heavy atom. The van der Waals surface area contributed by atoms with E-state index in [-0.39, 0.29) is 0 Å². The first-order valence-electron chi connectivity index (χ1n) is 6.97. The van der Waals surface area contributed by atoms with Crippen LogP contribution in [0, 0.1) is 6.92 Å². The van der Waals surface area contributed by atoms with Gasteiger partial charge in [0.15, 0.2) is 5.82 Å². The van der Waals surface area contributed by atoms with Crippen molar-refractivity contribution in [1.82, 2.24) is 9.97 Å². The molecule has 3 aromatic rings. The van der Waals surface area contributed by atoms with Gasteiger partial charge in [0, 0.05) is 17.7 Å². The summed E-state index contributed by atoms with van der Waals surface area (Å²) in [6.07, 6.45) is 0. The molecule has 0 bridgehead atoms. The van der Waals surface area contributed by atoms with E-state index in [1.165, 1.54) is 0 Å². The Balaban J connectivity index is 2.17. The van der Waals surface area contributed by atoms with Gasteiger partial charge < -0.3 is 5.73 Å². The van der Waals surface area contributed by atoms with Crippen LogP contribution >= 0.6 is 0 Å². The van der Waals surface area contributed by atoms with Crippen molar-refractivity contribution in [2.24, 2.45) is 5.73 Å². The predicted molar refractivity (Wildman–Crippen MR) is 85.5 cm³/mol. The van der Waals surface area contributed by atoms with Gasteiger partial charge in [0.05, 0.1) is 11.4 Å². The van der Waals surface area contributed by atoms with Crippen molar-refractivity contribution in [1.29, 1.82) is 0 Å². The summed E-state index contributed by atoms with van der Waals surface area (Å²) < 4.78 is 0. The van der Waals surface area contributed by atoms with Crippen LogP contribution in [-0.2, 0) is 6.54 Å². The molecule has 21 heavy (non-hydrogen) atoms. The maximum atomic E-state index is 5.79. The van der Waals surface area contributed by atoms with Crippen molar-refractivity contribution < 1.29 is 0 Å². The molecule has 0 radical (unpaired) electrons. The zero-order chi connectivity index (χ0) is 14.7. The molecule has 2 aromatic carbocycles. The Bertz CT molecular complexity index is 751. The van der Waals surface area contributed by atoms with Crippen LogP contribution in [0.1, 0.15) is 11.3 Å². The maximum absolute atomic E-state index is 5.79. The number of aryl methyl sites for hydroxylation is 1. The summed E-state index contributed by atoms with van der Waals surface area (Å²) >= 11 is 0. The van der Waals surface area contributed by atoms with Crippen molar-refractivity contribution in [3.05, 3.63) is 71.9 Å². The third-order valence-corrected chi connectivity index (χ3v) is 3.44. The summed E-state index contributed by atoms with van der Waals surface area (Å²) in [5.74, 6) is 0.731. The van der Waals surface area contributed by atoms with Gasteiger partial charge in [-0.2, -0.15) is 0 Å². The molecule has 104 valence electrons. The molecule has 0 aliphatic heterocycles. The van der Waals surface area contributed by atoms with Gasteiger partial charge in [-0.25, -0.2) is 9.97 Å². The molecule has 0 spiro atoms. The third kappa shape index (κ3) is 2.83. The number of nitrogens with two attached hydrogens (primary N) is 1. The Morgan fingerprint density at radius 2 is 1.62 bits per heavy atom. The number of hydrogen-bond acceptors (Lipinski definition) is 3. The third-order valence-electron chi connectivity index (χ3n) is 3.44. The molecule has 1 aromatic heterocycles. The average molecular weight is 275 g/mol. The minimum absolute atomic E-state index is 0.404. The Kier molecular flexibility index (Phi) is 3.75. The van der Waals surface area contributed by atoms with E-state index in [0.29, 0.717) is 6.54 Å². The first-order chi connectivity index (χ1) is 10.3. The van der Waals surface area contributed by atoms with E-state index in [9.17, 15) is 0 Å². The molecule has 2 N–H and O–H groups in total. The molecule has 0 amide bonds. The number of benzene rings is 2. The van der Waals surface area contributed by atoms with Crippen molar-refractivity contribution in [2.45, 2.75) is 13.5 Å². The lowest BCUT2D eigenvalue weighted by molar-refractivity contribution is 0.971. The molecule has 0 unspecified atom stereocenters. The van der Waals surface area contributed by atoms with Crippen molar-refractivity contribution >= 4 is 0 Å². The summed E-state index contributed by atoms with van der Waals surface area (Å²) in [5, 5.41) is 0. The maximum Gasteiger partial charge on any atom is 0.160 e. The van der Waals surface area contributed by atoms with Crippen LogP contribution < -0.4 is 5.73 Å². The van der Waals surface area contributed by atoms with Crippen LogP contribution in [0.25, 0.3) is 22.6 Å². The number of aromatic nitrogens is 2. The lowest BCUT2D eigenvalue weighted by Gasteiger charge is -2.09. The standard InChI is InChI=1S/C18H17N3/c1-13-7-5-6-10-16(13)18-20-15(12-19)11-17(21-18)14-8-3-2-4-9-14/h2-11H,12,19H2,1H3. The van der Waals surface area contributed by atoms with E-state index in [4.69, 9.17) is 10.7 Å². The highest BCUT2D eigenvalue weighted by Crippen LogP contribution is 2.24. The predicted octanol–water partition coefficient (Wildman–Crippen LogP) is 3.58. The fraction of sp³-hybridized carbons (Fsp3) is 0.111. The van der Waals surface area contributed by atoms with Gasteiger partial charge >= 0.3 is 0 Å². The van der Waals surface area contributed by atoms with Gasteiger partial charge in [0.25, 0.3) is 0 Å². The molecular weight excluding hydrogens is 258 g/mol. The van der Waals surface area contributed by atoms with Crippen LogP contribution in [0.15, 0.2) is 60.7 Å². The minimum atomic E-state index is 0.404. The average Bonchev–Trinajstić information content (AvgIpc) is 2.55. The second kappa shape index (κ2) is 5.85. The number of hydrogen-bond donors (Lipinski definition) is 1. The van der Waals surface area contributed by atoms with E-state index in [0.717, 1.165) is 33.9 Å². The summed E-state index contributed by atoms with van der Waals surface area (Å²) in [6.45, 7) is 2.47. The highest BCUT2D eigenvalue weighted by atomic mass is 14.9. The lowest BCUT2D eigenvalue weighted by atomic mass is 10.1. The minimum Gasteiger partial charge on any atom is -0.325 e. The largest absolute Gasteiger partial charge is 0.325 e. The highest BCUT2D eigenvalue weighted by Gasteiger charge is 2.09. The molecule has 3 rings (SSSR count). The second-order valence-electron chi connectivity index (χ2n) is 4.95. The molecule has 0 saturated heterocycles. The van der Waals surface area contributed by atoms with Gasteiger partial charge in [0.1, 0.15) is 0 Å². The molecular formula is C18H17N3. The first kappa shape index (κ1) is 13.5. The van der Waals surface area contributed by atoms with Gasteiger partial charge in [0.2, 0.25) is 0 Å². The SMILES string of the molecule is Cc1ccccc1-c1nc(CN)cc(-c2ccccc2)n1. The van der Waals surface area contributed by atoms with Gasteiger partial charge in [-0.1, -0.05) is 54.6 Å². The van der Waals surface area contributed by atoms with E-state index in [1.54, 1.807) is 0 Å². The smallest absolute Gasteiger partial charge is 0.160 e. The van der Waals surface area contributed by atoms with E-state index < -0.39 is 0 Å². The Morgan fingerprint density at radius 3 is 2.33 bits per heavy atom. The zero-order valence-corrected chi connectivity index (χ0v) is 12.0. The molecule has 1 heterocycles. The van der Waals surface area contributed by atoms with Crippen molar-refractivity contribution in [3.8, 4) is 22.6 Å². The number of rotatable bonds is 3. The second-order valence-corrected chi connectivity index (χ2v) is 4.95. The Labute approximate surface area is 124 Å². The van der Waals surface area contributed by atoms with Gasteiger partial charge in [-0.3, -0.25) is 0 Å². The quantitative estimate of drug-likeness (QED) is 0.795. The fourth-order valence-electron chi connectivity index (χ4n) is 2.30. The topological polar surface area (TPSA) is 51.8 Å². The Hall–Kier alpha value is -2.52. The molecule has 0 aliphatic carbocycles. The van der Waals surface area contributed by atoms with Crippen LogP contribution in [0.3, 0.4) is 0 Å². The van der Waals surface area contributed by atoms with E-state index >= 15 is 0 Å². The summed E-state index contributed by atoms with van der Waals surface area (Å²) in [7, 11) is 0. The molecule has 0 atom stereocenters. The first-order valence-corrected chi connectivity index (χ1v) is 6.97. The van der Waals surface area contributed by atoms with Crippen LogP contribution in [0.4, 0.5) is 0 Å².